The molecular weight excluding hydrogens is 420 g/mol. The molecule has 32 heavy (non-hydrogen) atoms. The Morgan fingerprint density at radius 1 is 0.781 bits per heavy atom. The molecule has 0 aromatic rings. The third kappa shape index (κ3) is 16.9. The molecule has 0 aliphatic heterocycles. The molecule has 0 saturated heterocycles. The second kappa shape index (κ2) is 14.3. The topological polar surface area (TPSA) is 144 Å². The number of carbonyl (C=O) groups excluding carboxylic acids is 4. The van der Waals surface area contributed by atoms with Crippen molar-refractivity contribution in [3.63, 3.8) is 0 Å². The van der Waals surface area contributed by atoms with Crippen LogP contribution in [0.2, 0.25) is 0 Å². The van der Waals surface area contributed by atoms with Crippen LogP contribution >= 0.6 is 0 Å². The highest BCUT2D eigenvalue weighted by Crippen LogP contribution is 2.08. The lowest BCUT2D eigenvalue weighted by Gasteiger charge is -2.22. The first-order chi connectivity index (χ1) is 14.7. The zero-order chi connectivity index (χ0) is 24.8. The average Bonchev–Trinajstić information content (AvgIpc) is 2.60. The lowest BCUT2D eigenvalue weighted by molar-refractivity contribution is -0.154. The van der Waals surface area contributed by atoms with Gasteiger partial charge in [0.25, 0.3) is 0 Å². The zero-order valence-corrected chi connectivity index (χ0v) is 20.3. The number of hydrogen-bond donors (Lipinski definition) is 3. The van der Waals surface area contributed by atoms with Gasteiger partial charge in [0.1, 0.15) is 11.2 Å². The SMILES string of the molecule is CCOC(=O)C(=O)NCCCCCCN=C(NC(=O)OC(C)(C)C)NC(=O)OC(C)(C)C. The van der Waals surface area contributed by atoms with E-state index in [0.717, 1.165) is 12.8 Å². The minimum Gasteiger partial charge on any atom is -0.459 e. The van der Waals surface area contributed by atoms with E-state index in [1.165, 1.54) is 0 Å². The van der Waals surface area contributed by atoms with Gasteiger partial charge in [0.05, 0.1) is 6.61 Å². The molecule has 0 aromatic carbocycles. The number of nitrogens with one attached hydrogen (secondary N) is 3. The van der Waals surface area contributed by atoms with Gasteiger partial charge in [-0.1, -0.05) is 12.8 Å². The molecule has 0 unspecified atom stereocenters. The first kappa shape index (κ1) is 29.1. The minimum atomic E-state index is -0.885. The van der Waals surface area contributed by atoms with E-state index in [9.17, 15) is 19.2 Å². The standard InChI is InChI=1S/C21H38N4O7/c1-8-30-16(27)15(26)22-13-11-9-10-12-14-23-17(24-18(28)31-20(2,3)4)25-19(29)32-21(5,6)7/h8-14H2,1-7H3,(H,22,26)(H2,23,24,25,28,29). The van der Waals surface area contributed by atoms with E-state index in [-0.39, 0.29) is 12.6 Å². The van der Waals surface area contributed by atoms with Crippen LogP contribution in [0.5, 0.6) is 0 Å². The van der Waals surface area contributed by atoms with E-state index in [1.807, 2.05) is 0 Å². The van der Waals surface area contributed by atoms with Crippen LogP contribution in [0.15, 0.2) is 4.99 Å². The highest BCUT2D eigenvalue weighted by Gasteiger charge is 2.21. The number of ether oxygens (including phenoxy) is 3. The maximum atomic E-state index is 12.0. The third-order valence-corrected chi connectivity index (χ3v) is 3.34. The van der Waals surface area contributed by atoms with Crippen molar-refractivity contribution in [1.29, 1.82) is 0 Å². The maximum absolute atomic E-state index is 12.0. The predicted molar refractivity (Wildman–Crippen MR) is 119 cm³/mol. The molecule has 11 heteroatoms. The van der Waals surface area contributed by atoms with E-state index >= 15 is 0 Å². The summed E-state index contributed by atoms with van der Waals surface area (Å²) in [5.74, 6) is -1.69. The maximum Gasteiger partial charge on any atom is 0.414 e. The van der Waals surface area contributed by atoms with E-state index in [4.69, 9.17) is 9.47 Å². The molecule has 0 bridgehead atoms. The summed E-state index contributed by atoms with van der Waals surface area (Å²) in [7, 11) is 0. The molecule has 0 aliphatic carbocycles. The number of aliphatic imine (C=N–C) groups is 1. The van der Waals surface area contributed by atoms with Crippen LogP contribution in [0.4, 0.5) is 9.59 Å². The van der Waals surface area contributed by atoms with Crippen molar-refractivity contribution < 1.29 is 33.4 Å². The second-order valence-corrected chi connectivity index (χ2v) is 8.87. The van der Waals surface area contributed by atoms with Gasteiger partial charge in [-0.25, -0.2) is 14.4 Å². The molecule has 0 spiro atoms. The van der Waals surface area contributed by atoms with E-state index in [1.54, 1.807) is 48.5 Å². The van der Waals surface area contributed by atoms with E-state index < -0.39 is 35.3 Å². The summed E-state index contributed by atoms with van der Waals surface area (Å²) < 4.78 is 15.0. The second-order valence-electron chi connectivity index (χ2n) is 8.87. The van der Waals surface area contributed by atoms with Crippen molar-refractivity contribution in [3.8, 4) is 0 Å². The highest BCUT2D eigenvalue weighted by atomic mass is 16.6. The summed E-state index contributed by atoms with van der Waals surface area (Å²) in [6, 6.07) is 0. The van der Waals surface area contributed by atoms with Crippen molar-refractivity contribution in [2.45, 2.75) is 85.4 Å². The van der Waals surface area contributed by atoms with E-state index in [0.29, 0.717) is 25.9 Å². The van der Waals surface area contributed by atoms with Crippen molar-refractivity contribution in [1.82, 2.24) is 16.0 Å². The monoisotopic (exact) mass is 458 g/mol. The first-order valence-electron chi connectivity index (χ1n) is 10.7. The Morgan fingerprint density at radius 2 is 1.28 bits per heavy atom. The number of alkyl carbamates (subject to hydrolysis) is 2. The average molecular weight is 459 g/mol. The Labute approximate surface area is 190 Å². The molecule has 0 saturated carbocycles. The predicted octanol–water partition coefficient (Wildman–Crippen LogP) is 2.63. The molecule has 184 valence electrons. The van der Waals surface area contributed by atoms with Crippen molar-refractivity contribution >= 4 is 30.0 Å². The number of unbranched alkanes of at least 4 members (excludes halogenated alkanes) is 3. The Kier molecular flexibility index (Phi) is 13.0. The smallest absolute Gasteiger partial charge is 0.414 e. The van der Waals surface area contributed by atoms with Gasteiger partial charge >= 0.3 is 24.1 Å². The van der Waals surface area contributed by atoms with Crippen LogP contribution in [0.1, 0.15) is 74.1 Å². The number of nitrogens with zero attached hydrogens (tertiary/aromatic N) is 1. The Balaban J connectivity index is 4.49. The zero-order valence-electron chi connectivity index (χ0n) is 20.3. The first-order valence-corrected chi connectivity index (χ1v) is 10.7. The number of esters is 1. The van der Waals surface area contributed by atoms with Crippen LogP contribution in [0.25, 0.3) is 0 Å². The lowest BCUT2D eigenvalue weighted by atomic mass is 10.2. The van der Waals surface area contributed by atoms with Gasteiger partial charge in [0.2, 0.25) is 5.96 Å². The van der Waals surface area contributed by atoms with Gasteiger partial charge in [-0.3, -0.25) is 20.4 Å². The van der Waals surface area contributed by atoms with Crippen molar-refractivity contribution in [2.24, 2.45) is 4.99 Å². The Morgan fingerprint density at radius 3 is 1.75 bits per heavy atom. The number of rotatable bonds is 8. The number of guanidine groups is 1. The lowest BCUT2D eigenvalue weighted by Crippen LogP contribution is -2.47. The summed E-state index contributed by atoms with van der Waals surface area (Å²) in [5.41, 5.74) is -1.41. The summed E-state index contributed by atoms with van der Waals surface area (Å²) in [4.78, 5) is 50.8. The van der Waals surface area contributed by atoms with Gasteiger partial charge in [0, 0.05) is 13.1 Å². The molecule has 0 rings (SSSR count). The molecule has 0 heterocycles. The molecule has 11 nitrogen and oxygen atoms in total. The van der Waals surface area contributed by atoms with Crippen molar-refractivity contribution in [2.75, 3.05) is 19.7 Å². The van der Waals surface area contributed by atoms with Gasteiger partial charge in [-0.05, 0) is 61.3 Å². The fourth-order valence-corrected chi connectivity index (χ4v) is 2.16. The van der Waals surface area contributed by atoms with Crippen LogP contribution in [-0.4, -0.2) is 60.9 Å². The molecular formula is C21H38N4O7. The third-order valence-electron chi connectivity index (χ3n) is 3.34. The Hall–Kier alpha value is -2.85. The molecule has 0 aliphatic rings. The number of amides is 3. The summed E-state index contributed by atoms with van der Waals surface area (Å²) >= 11 is 0. The Bertz CT molecular complexity index is 632. The largest absolute Gasteiger partial charge is 0.459 e. The molecule has 3 amide bonds. The molecule has 0 fully saturated rings. The van der Waals surface area contributed by atoms with Gasteiger partial charge in [-0.15, -0.1) is 0 Å². The van der Waals surface area contributed by atoms with Crippen LogP contribution in [-0.2, 0) is 23.8 Å². The normalized spacial score (nSPS) is 11.1. The highest BCUT2D eigenvalue weighted by molar-refractivity contribution is 6.32. The van der Waals surface area contributed by atoms with Crippen LogP contribution in [0.3, 0.4) is 0 Å². The van der Waals surface area contributed by atoms with Crippen molar-refractivity contribution in [3.05, 3.63) is 0 Å². The number of hydrogen-bond acceptors (Lipinski definition) is 8. The molecule has 0 aromatic heterocycles. The summed E-state index contributed by atoms with van der Waals surface area (Å²) in [5, 5.41) is 7.33. The molecule has 0 atom stereocenters. The summed E-state index contributed by atoms with van der Waals surface area (Å²) in [6.07, 6.45) is 1.47. The van der Waals surface area contributed by atoms with Crippen LogP contribution in [0, 0.1) is 0 Å². The quantitative estimate of drug-likeness (QED) is 0.127. The molecule has 0 radical (unpaired) electrons. The fourth-order valence-electron chi connectivity index (χ4n) is 2.16. The summed E-state index contributed by atoms with van der Waals surface area (Å²) in [6.45, 7) is 12.8. The van der Waals surface area contributed by atoms with E-state index in [2.05, 4.69) is 25.7 Å². The molecule has 3 N–H and O–H groups in total. The minimum absolute atomic E-state index is 0.0600. The van der Waals surface area contributed by atoms with Gasteiger partial charge < -0.3 is 19.5 Å². The number of carbonyl (C=O) groups is 4. The van der Waals surface area contributed by atoms with Gasteiger partial charge in [0.15, 0.2) is 0 Å². The fraction of sp³-hybridized carbons (Fsp3) is 0.762. The van der Waals surface area contributed by atoms with Crippen LogP contribution < -0.4 is 16.0 Å². The van der Waals surface area contributed by atoms with Gasteiger partial charge in [-0.2, -0.15) is 0 Å².